The maximum Gasteiger partial charge on any atom is 0.244 e. The molecule has 136 valence electrons. The lowest BCUT2D eigenvalue weighted by Crippen LogP contribution is -2.42. The van der Waals surface area contributed by atoms with Crippen molar-refractivity contribution in [1.82, 2.24) is 4.31 Å². The molecule has 0 unspecified atom stereocenters. The fraction of sp³-hybridized carbons (Fsp3) is 0.375. The number of benzene rings is 1. The minimum absolute atomic E-state index is 0.151. The van der Waals surface area contributed by atoms with Gasteiger partial charge in [-0.25, -0.2) is 16.8 Å². The molecule has 0 amide bonds. The zero-order valence-corrected chi connectivity index (χ0v) is 16.6. The molecule has 9 heteroatoms. The molecule has 1 aliphatic rings. The van der Waals surface area contributed by atoms with E-state index < -0.39 is 25.1 Å². The predicted octanol–water partition coefficient (Wildman–Crippen LogP) is 2.81. The number of furan rings is 1. The van der Waals surface area contributed by atoms with Crippen LogP contribution in [-0.2, 0) is 25.6 Å². The highest BCUT2D eigenvalue weighted by Gasteiger charge is 2.35. The van der Waals surface area contributed by atoms with Gasteiger partial charge in [0.1, 0.15) is 11.5 Å². The first kappa shape index (κ1) is 18.6. The molecular formula is C16H18BrNO5S2. The highest BCUT2D eigenvalue weighted by atomic mass is 79.9. The molecule has 0 radical (unpaired) electrons. The lowest BCUT2D eigenvalue weighted by atomic mass is 10.2. The molecule has 1 fully saturated rings. The average molecular weight is 448 g/mol. The third-order valence-electron chi connectivity index (χ3n) is 4.29. The van der Waals surface area contributed by atoms with E-state index in [0.29, 0.717) is 10.2 Å². The zero-order valence-electron chi connectivity index (χ0n) is 13.3. The Labute approximate surface area is 155 Å². The molecule has 1 aromatic heterocycles. The van der Waals surface area contributed by atoms with Gasteiger partial charge in [0.15, 0.2) is 9.84 Å². The Bertz CT molecular complexity index is 931. The number of hydrogen-bond acceptors (Lipinski definition) is 5. The predicted molar refractivity (Wildman–Crippen MR) is 97.3 cm³/mol. The number of rotatable bonds is 5. The van der Waals surface area contributed by atoms with Crippen molar-refractivity contribution < 1.29 is 21.3 Å². The van der Waals surface area contributed by atoms with Crippen molar-refractivity contribution in [2.24, 2.45) is 0 Å². The summed E-state index contributed by atoms with van der Waals surface area (Å²) in [6.45, 7) is 0.372. The number of sulfone groups is 1. The lowest BCUT2D eigenvalue weighted by molar-refractivity contribution is 0.345. The third-order valence-corrected chi connectivity index (χ3v) is 9.37. The second-order valence-corrected chi connectivity index (χ2v) is 11.0. The minimum Gasteiger partial charge on any atom is -0.468 e. The molecule has 2 aromatic rings. The van der Waals surface area contributed by atoms with Crippen LogP contribution in [0.4, 0.5) is 0 Å². The van der Waals surface area contributed by atoms with Gasteiger partial charge in [0.05, 0.1) is 16.4 Å². The van der Waals surface area contributed by atoms with E-state index in [-0.39, 0.29) is 36.6 Å². The van der Waals surface area contributed by atoms with Crippen molar-refractivity contribution in [2.45, 2.75) is 28.7 Å². The molecule has 3 rings (SSSR count). The van der Waals surface area contributed by atoms with E-state index in [0.717, 1.165) is 0 Å². The Kier molecular flexibility index (Phi) is 5.38. The van der Waals surface area contributed by atoms with Gasteiger partial charge in [-0.15, -0.1) is 0 Å². The van der Waals surface area contributed by atoms with E-state index in [4.69, 9.17) is 4.42 Å². The third kappa shape index (κ3) is 3.99. The summed E-state index contributed by atoms with van der Waals surface area (Å²) in [5.74, 6) is 0.255. The Hall–Kier alpha value is -1.16. The molecule has 0 N–H and O–H groups in total. The first-order valence-corrected chi connectivity index (χ1v) is 11.7. The molecule has 25 heavy (non-hydrogen) atoms. The fourth-order valence-corrected chi connectivity index (χ4v) is 7.09. The molecule has 0 aliphatic carbocycles. The number of sulfonamides is 1. The van der Waals surface area contributed by atoms with Crippen molar-refractivity contribution in [3.05, 3.63) is 52.9 Å². The standard InChI is InChI=1S/C16H18BrNO5S2/c17-15-5-1-2-6-16(15)25(21,22)18-9-7-14(8-10-18)24(19,20)12-13-4-3-11-23-13/h1-6,11,14H,7-10,12H2. The van der Waals surface area contributed by atoms with Crippen molar-refractivity contribution in [1.29, 1.82) is 0 Å². The van der Waals surface area contributed by atoms with Crippen molar-refractivity contribution in [2.75, 3.05) is 13.1 Å². The van der Waals surface area contributed by atoms with Crippen LogP contribution in [0.5, 0.6) is 0 Å². The summed E-state index contributed by atoms with van der Waals surface area (Å²) in [6, 6.07) is 9.91. The summed E-state index contributed by atoms with van der Waals surface area (Å²) < 4.78 is 57.5. The number of hydrogen-bond donors (Lipinski definition) is 0. The summed E-state index contributed by atoms with van der Waals surface area (Å²) >= 11 is 3.26. The Morgan fingerprint density at radius 2 is 1.72 bits per heavy atom. The van der Waals surface area contributed by atoms with E-state index in [1.165, 1.54) is 10.6 Å². The van der Waals surface area contributed by atoms with Gasteiger partial charge in [0, 0.05) is 17.6 Å². The van der Waals surface area contributed by atoms with Gasteiger partial charge in [-0.3, -0.25) is 0 Å². The minimum atomic E-state index is -3.64. The van der Waals surface area contributed by atoms with E-state index in [1.807, 2.05) is 0 Å². The van der Waals surface area contributed by atoms with Crippen LogP contribution in [0, 0.1) is 0 Å². The van der Waals surface area contributed by atoms with Crippen LogP contribution >= 0.6 is 15.9 Å². The molecule has 0 bridgehead atoms. The molecule has 0 atom stereocenters. The molecule has 1 saturated heterocycles. The van der Waals surface area contributed by atoms with Crippen molar-refractivity contribution in [3.63, 3.8) is 0 Å². The van der Waals surface area contributed by atoms with Crippen LogP contribution in [-0.4, -0.2) is 39.5 Å². The maximum absolute atomic E-state index is 12.8. The summed E-state index contributed by atoms with van der Waals surface area (Å²) in [5, 5.41) is -0.553. The molecular weight excluding hydrogens is 430 g/mol. The summed E-state index contributed by atoms with van der Waals surface area (Å²) in [6.07, 6.45) is 2.01. The summed E-state index contributed by atoms with van der Waals surface area (Å²) in [5.41, 5.74) is 0. The normalized spacial score (nSPS) is 17.6. The van der Waals surface area contributed by atoms with Gasteiger partial charge in [-0.1, -0.05) is 12.1 Å². The Morgan fingerprint density at radius 1 is 1.04 bits per heavy atom. The van der Waals surface area contributed by atoms with Gasteiger partial charge >= 0.3 is 0 Å². The van der Waals surface area contributed by atoms with Crippen LogP contribution in [0.1, 0.15) is 18.6 Å². The summed E-state index contributed by atoms with van der Waals surface area (Å²) in [7, 11) is -7.01. The second kappa shape index (κ2) is 7.22. The fourth-order valence-electron chi connectivity index (χ4n) is 2.94. The topological polar surface area (TPSA) is 84.7 Å². The van der Waals surface area contributed by atoms with E-state index in [9.17, 15) is 16.8 Å². The molecule has 1 aliphatic heterocycles. The molecule has 0 spiro atoms. The number of halogens is 1. The zero-order chi connectivity index (χ0) is 18.1. The Morgan fingerprint density at radius 3 is 2.32 bits per heavy atom. The molecule has 6 nitrogen and oxygen atoms in total. The SMILES string of the molecule is O=S(=O)(Cc1ccco1)C1CCN(S(=O)(=O)c2ccccc2Br)CC1. The molecule has 2 heterocycles. The monoisotopic (exact) mass is 447 g/mol. The van der Waals surface area contributed by atoms with Gasteiger partial charge in [-0.05, 0) is 53.0 Å². The van der Waals surface area contributed by atoms with Crippen molar-refractivity contribution >= 4 is 35.8 Å². The highest BCUT2D eigenvalue weighted by Crippen LogP contribution is 2.29. The van der Waals surface area contributed by atoms with Crippen LogP contribution in [0.15, 0.2) is 56.4 Å². The van der Waals surface area contributed by atoms with Crippen LogP contribution in [0.2, 0.25) is 0 Å². The van der Waals surface area contributed by atoms with Gasteiger partial charge in [0.25, 0.3) is 0 Å². The second-order valence-electron chi connectivity index (χ2n) is 5.92. The lowest BCUT2D eigenvalue weighted by Gasteiger charge is -2.31. The average Bonchev–Trinajstić information content (AvgIpc) is 3.07. The molecule has 1 aromatic carbocycles. The van der Waals surface area contributed by atoms with E-state index >= 15 is 0 Å². The smallest absolute Gasteiger partial charge is 0.244 e. The highest BCUT2D eigenvalue weighted by molar-refractivity contribution is 9.10. The van der Waals surface area contributed by atoms with Crippen molar-refractivity contribution in [3.8, 4) is 0 Å². The van der Waals surface area contributed by atoms with E-state index in [2.05, 4.69) is 15.9 Å². The molecule has 0 saturated carbocycles. The maximum atomic E-state index is 12.8. The number of nitrogens with zero attached hydrogens (tertiary/aromatic N) is 1. The van der Waals surface area contributed by atoms with Gasteiger partial charge < -0.3 is 4.42 Å². The largest absolute Gasteiger partial charge is 0.468 e. The van der Waals surface area contributed by atoms with Crippen LogP contribution in [0.25, 0.3) is 0 Å². The van der Waals surface area contributed by atoms with Gasteiger partial charge in [0.2, 0.25) is 10.0 Å². The summed E-state index contributed by atoms with van der Waals surface area (Å²) in [4.78, 5) is 0.201. The van der Waals surface area contributed by atoms with E-state index in [1.54, 1.807) is 36.4 Å². The Balaban J connectivity index is 1.70. The van der Waals surface area contributed by atoms with Gasteiger partial charge in [-0.2, -0.15) is 4.31 Å². The number of piperidine rings is 1. The van der Waals surface area contributed by atoms with Crippen LogP contribution in [0.3, 0.4) is 0 Å². The first-order valence-electron chi connectivity index (χ1n) is 7.79. The van der Waals surface area contributed by atoms with Crippen LogP contribution < -0.4 is 0 Å². The first-order chi connectivity index (χ1) is 11.8. The quantitative estimate of drug-likeness (QED) is 0.703.